The summed E-state index contributed by atoms with van der Waals surface area (Å²) in [4.78, 5) is 52.9. The zero-order valence-electron chi connectivity index (χ0n) is 19.6. The van der Waals surface area contributed by atoms with Crippen molar-refractivity contribution in [3.05, 3.63) is 52.3 Å². The fraction of sp³-hybridized carbons (Fsp3) is 0.391. The number of pyridine rings is 1. The van der Waals surface area contributed by atoms with Gasteiger partial charge in [0.05, 0.1) is 0 Å². The highest BCUT2D eigenvalue weighted by Gasteiger charge is 2.23. The summed E-state index contributed by atoms with van der Waals surface area (Å²) in [6.07, 6.45) is 0.608. The zero-order chi connectivity index (χ0) is 24.8. The van der Waals surface area contributed by atoms with Crippen molar-refractivity contribution in [2.75, 3.05) is 12.0 Å². The fourth-order valence-corrected chi connectivity index (χ4v) is 2.71. The molecule has 0 bridgehead atoms. The van der Waals surface area contributed by atoms with Gasteiger partial charge >= 0.3 is 12.1 Å². The molecule has 0 aliphatic rings. The van der Waals surface area contributed by atoms with Crippen LogP contribution in [0.15, 0.2) is 41.3 Å². The summed E-state index contributed by atoms with van der Waals surface area (Å²) in [6.45, 7) is 9.74. The number of amides is 2. The number of ether oxygens (including phenoxy) is 2. The summed E-state index contributed by atoms with van der Waals surface area (Å²) in [7, 11) is 0. The van der Waals surface area contributed by atoms with Gasteiger partial charge in [-0.1, -0.05) is 30.3 Å². The lowest BCUT2D eigenvalue weighted by Crippen LogP contribution is -2.39. The van der Waals surface area contributed by atoms with Gasteiger partial charge in [-0.25, -0.2) is 10.2 Å². The molecule has 178 valence electrons. The van der Waals surface area contributed by atoms with Gasteiger partial charge in [0.15, 0.2) is 0 Å². The molecule has 0 radical (unpaired) electrons. The minimum absolute atomic E-state index is 0.0766. The van der Waals surface area contributed by atoms with Crippen LogP contribution in [0.1, 0.15) is 51.9 Å². The molecule has 10 heteroatoms. The molecule has 10 nitrogen and oxygen atoms in total. The summed E-state index contributed by atoms with van der Waals surface area (Å²) in [5.41, 5.74) is 3.21. The number of hydrogen-bond donors (Lipinski definition) is 4. The van der Waals surface area contributed by atoms with E-state index >= 15 is 0 Å². The Bertz CT molecular complexity index is 1070. The summed E-state index contributed by atoms with van der Waals surface area (Å²) < 4.78 is 10.3. The molecule has 0 fully saturated rings. The second-order valence-corrected chi connectivity index (χ2v) is 9.17. The largest absolute Gasteiger partial charge is 0.459 e. The lowest BCUT2D eigenvalue weighted by molar-refractivity contribution is -0.153. The molecule has 0 aliphatic carbocycles. The van der Waals surface area contributed by atoms with E-state index in [-0.39, 0.29) is 16.9 Å². The minimum atomic E-state index is -0.826. The second-order valence-electron chi connectivity index (χ2n) is 9.17. The van der Waals surface area contributed by atoms with Gasteiger partial charge in [0.1, 0.15) is 29.1 Å². The summed E-state index contributed by atoms with van der Waals surface area (Å²) in [5, 5.41) is 2.39. The Labute approximate surface area is 192 Å². The number of anilines is 1. The molecular formula is C23H30N4O6. The molecule has 0 aliphatic heterocycles. The van der Waals surface area contributed by atoms with Gasteiger partial charge in [0, 0.05) is 11.8 Å². The van der Waals surface area contributed by atoms with Crippen LogP contribution in [0.3, 0.4) is 0 Å². The van der Waals surface area contributed by atoms with Crippen LogP contribution in [0.2, 0.25) is 0 Å². The van der Waals surface area contributed by atoms with Crippen molar-refractivity contribution in [2.24, 2.45) is 0 Å². The second kappa shape index (κ2) is 10.2. The third-order valence-corrected chi connectivity index (χ3v) is 3.90. The van der Waals surface area contributed by atoms with Crippen molar-refractivity contribution < 1.29 is 23.9 Å². The van der Waals surface area contributed by atoms with Gasteiger partial charge in [-0.2, -0.15) is 0 Å². The highest BCUT2D eigenvalue weighted by molar-refractivity contribution is 6.01. The maximum Gasteiger partial charge on any atom is 0.426 e. The normalized spacial score (nSPS) is 11.3. The van der Waals surface area contributed by atoms with E-state index in [1.165, 1.54) is 6.20 Å². The van der Waals surface area contributed by atoms with Crippen molar-refractivity contribution >= 4 is 23.8 Å². The number of rotatable bonds is 6. The van der Waals surface area contributed by atoms with E-state index in [4.69, 9.17) is 9.47 Å². The Morgan fingerprint density at radius 3 is 2.12 bits per heavy atom. The van der Waals surface area contributed by atoms with Crippen molar-refractivity contribution in [3.8, 4) is 11.1 Å². The molecule has 1 aromatic heterocycles. The number of aromatic amines is 1. The molecule has 0 unspecified atom stereocenters. The molecule has 2 amide bonds. The number of benzene rings is 1. The maximum absolute atomic E-state index is 13.2. The smallest absolute Gasteiger partial charge is 0.426 e. The number of H-pyrrole nitrogens is 1. The summed E-state index contributed by atoms with van der Waals surface area (Å²) >= 11 is 0. The highest BCUT2D eigenvalue weighted by atomic mass is 16.6. The Morgan fingerprint density at radius 2 is 1.55 bits per heavy atom. The van der Waals surface area contributed by atoms with Crippen LogP contribution in [0.4, 0.5) is 10.6 Å². The molecule has 0 spiro atoms. The van der Waals surface area contributed by atoms with Gasteiger partial charge in [-0.05, 0) is 47.1 Å². The van der Waals surface area contributed by atoms with Crippen LogP contribution in [0, 0.1) is 0 Å². The number of carbonyl (C=O) groups excluding carboxylic acids is 3. The van der Waals surface area contributed by atoms with Crippen molar-refractivity contribution in [1.29, 1.82) is 0 Å². The number of nitrogens with one attached hydrogen (secondary N) is 4. The molecule has 2 rings (SSSR count). The van der Waals surface area contributed by atoms with E-state index in [2.05, 4.69) is 21.2 Å². The van der Waals surface area contributed by atoms with E-state index in [1.54, 1.807) is 71.9 Å². The number of esters is 1. The topological polar surface area (TPSA) is 139 Å². The first-order valence-corrected chi connectivity index (χ1v) is 10.3. The zero-order valence-corrected chi connectivity index (χ0v) is 19.6. The van der Waals surface area contributed by atoms with Gasteiger partial charge in [0.25, 0.3) is 5.91 Å². The van der Waals surface area contributed by atoms with Crippen LogP contribution in [0.25, 0.3) is 11.1 Å². The third kappa shape index (κ3) is 7.99. The molecule has 1 aromatic carbocycles. The van der Waals surface area contributed by atoms with E-state index in [0.717, 1.165) is 0 Å². The van der Waals surface area contributed by atoms with Crippen LogP contribution in [0.5, 0.6) is 0 Å². The van der Waals surface area contributed by atoms with Crippen LogP contribution >= 0.6 is 0 Å². The maximum atomic E-state index is 13.2. The first-order valence-electron chi connectivity index (χ1n) is 10.3. The number of hydrazine groups is 1. The standard InChI is InChI=1S/C23H30N4O6/c1-22(2,3)32-16(28)13-25-20(30)17-18(29)15(14-10-8-7-9-11-14)12-24-19(17)26-27-21(31)33-23(4,5)6/h7-12H,13H2,1-6H3,(H,25,30)(H,27,31)(H2,24,26,29). The predicted octanol–water partition coefficient (Wildman–Crippen LogP) is 2.97. The Morgan fingerprint density at radius 1 is 0.939 bits per heavy atom. The molecule has 0 saturated heterocycles. The molecular weight excluding hydrogens is 428 g/mol. The summed E-state index contributed by atoms with van der Waals surface area (Å²) in [6, 6.07) is 8.76. The first kappa shape index (κ1) is 25.4. The minimum Gasteiger partial charge on any atom is -0.459 e. The quantitative estimate of drug-likeness (QED) is 0.385. The van der Waals surface area contributed by atoms with E-state index in [9.17, 15) is 19.2 Å². The average molecular weight is 459 g/mol. The fourth-order valence-electron chi connectivity index (χ4n) is 2.71. The van der Waals surface area contributed by atoms with Gasteiger partial charge in [-0.3, -0.25) is 19.8 Å². The van der Waals surface area contributed by atoms with Crippen LogP contribution in [-0.2, 0) is 14.3 Å². The Hall–Kier alpha value is -3.82. The number of aromatic nitrogens is 1. The lowest BCUT2D eigenvalue weighted by Gasteiger charge is -2.21. The number of hydrogen-bond acceptors (Lipinski definition) is 7. The van der Waals surface area contributed by atoms with E-state index in [1.807, 2.05) is 0 Å². The molecule has 0 saturated carbocycles. The highest BCUT2D eigenvalue weighted by Crippen LogP contribution is 2.18. The summed E-state index contributed by atoms with van der Waals surface area (Å²) in [5.74, 6) is -1.56. The van der Waals surface area contributed by atoms with E-state index in [0.29, 0.717) is 5.56 Å². The Balaban J connectivity index is 2.32. The van der Waals surface area contributed by atoms with Crippen molar-refractivity contribution in [1.82, 2.24) is 15.7 Å². The van der Waals surface area contributed by atoms with Gasteiger partial charge < -0.3 is 19.8 Å². The Kier molecular flexibility index (Phi) is 7.86. The predicted molar refractivity (Wildman–Crippen MR) is 124 cm³/mol. The molecule has 2 aromatic rings. The monoisotopic (exact) mass is 458 g/mol. The van der Waals surface area contributed by atoms with Crippen molar-refractivity contribution in [2.45, 2.75) is 52.7 Å². The van der Waals surface area contributed by atoms with E-state index < -0.39 is 41.1 Å². The lowest BCUT2D eigenvalue weighted by atomic mass is 10.0. The van der Waals surface area contributed by atoms with Crippen LogP contribution in [-0.4, -0.2) is 40.7 Å². The van der Waals surface area contributed by atoms with Crippen molar-refractivity contribution in [3.63, 3.8) is 0 Å². The first-order chi connectivity index (χ1) is 15.3. The van der Waals surface area contributed by atoms with Crippen LogP contribution < -0.4 is 21.6 Å². The molecule has 1 heterocycles. The van der Waals surface area contributed by atoms with Gasteiger partial charge in [-0.15, -0.1) is 0 Å². The van der Waals surface area contributed by atoms with Gasteiger partial charge in [0.2, 0.25) is 5.43 Å². The molecule has 4 N–H and O–H groups in total. The number of carbonyl (C=O) groups is 3. The molecule has 33 heavy (non-hydrogen) atoms. The third-order valence-electron chi connectivity index (χ3n) is 3.90. The SMILES string of the molecule is CC(C)(C)OC(=O)CNC(=O)c1c(NNC(=O)OC(C)(C)C)[nH]cc(-c2ccccc2)c1=O. The average Bonchev–Trinajstić information content (AvgIpc) is 2.68. The molecule has 0 atom stereocenters.